The molecule has 1 aromatic carbocycles. The Hall–Kier alpha value is -1.63. The van der Waals surface area contributed by atoms with Crippen molar-refractivity contribution in [3.05, 3.63) is 29.3 Å². The third-order valence-corrected chi connectivity index (χ3v) is 2.83. The summed E-state index contributed by atoms with van der Waals surface area (Å²) in [7, 11) is 0. The van der Waals surface area contributed by atoms with Gasteiger partial charge in [-0.2, -0.15) is 0 Å². The highest BCUT2D eigenvalue weighted by Crippen LogP contribution is 2.14. The van der Waals surface area contributed by atoms with Crippen molar-refractivity contribution in [1.29, 1.82) is 0 Å². The number of carbonyl (C=O) groups excluding carboxylic acids is 1. The molecule has 0 aliphatic heterocycles. The minimum atomic E-state index is -1.43. The third-order valence-electron chi connectivity index (χ3n) is 2.83. The van der Waals surface area contributed by atoms with Crippen LogP contribution in [-0.2, 0) is 0 Å². The molecule has 0 aromatic heterocycles. The molecule has 0 spiro atoms. The lowest BCUT2D eigenvalue weighted by Gasteiger charge is -2.28. The predicted octanol–water partition coefficient (Wildman–Crippen LogP) is -0.977. The lowest BCUT2D eigenvalue weighted by Crippen LogP contribution is -2.57. The number of nitrogen functional groups attached to an aromatic ring is 1. The Kier molecular flexibility index (Phi) is 4.66. The quantitative estimate of drug-likeness (QED) is 0.433. The second-order valence-electron chi connectivity index (χ2n) is 4.28. The summed E-state index contributed by atoms with van der Waals surface area (Å²) in [4.78, 5) is 11.9. The molecule has 0 aliphatic carbocycles. The fraction of sp³-hybridized carbons (Fsp3) is 0.417. The minimum Gasteiger partial charge on any atom is -0.398 e. The van der Waals surface area contributed by atoms with Gasteiger partial charge in [0.25, 0.3) is 5.91 Å². The zero-order valence-corrected chi connectivity index (χ0v) is 10.2. The number of rotatable bonds is 5. The molecule has 0 saturated carbocycles. The molecular weight excluding hydrogens is 236 g/mol. The van der Waals surface area contributed by atoms with Gasteiger partial charge in [-0.3, -0.25) is 4.79 Å². The number of amides is 1. The van der Waals surface area contributed by atoms with Crippen LogP contribution in [0.15, 0.2) is 18.2 Å². The van der Waals surface area contributed by atoms with Crippen LogP contribution in [0.25, 0.3) is 0 Å². The Bertz CT molecular complexity index is 422. The average Bonchev–Trinajstić information content (AvgIpc) is 2.39. The van der Waals surface area contributed by atoms with E-state index in [0.717, 1.165) is 5.56 Å². The molecule has 1 amide bonds. The lowest BCUT2D eigenvalue weighted by atomic mass is 10.0. The fourth-order valence-electron chi connectivity index (χ4n) is 1.36. The van der Waals surface area contributed by atoms with Crippen molar-refractivity contribution in [2.24, 2.45) is 0 Å². The van der Waals surface area contributed by atoms with E-state index in [0.29, 0.717) is 11.3 Å². The molecule has 1 rings (SSSR count). The van der Waals surface area contributed by atoms with Gasteiger partial charge in [0.1, 0.15) is 5.54 Å². The number of anilines is 1. The summed E-state index contributed by atoms with van der Waals surface area (Å²) >= 11 is 0. The van der Waals surface area contributed by atoms with Crippen LogP contribution in [0.2, 0.25) is 0 Å². The van der Waals surface area contributed by atoms with Gasteiger partial charge >= 0.3 is 0 Å². The Labute approximate surface area is 105 Å². The highest BCUT2D eigenvalue weighted by molar-refractivity contribution is 5.95. The first-order chi connectivity index (χ1) is 8.48. The zero-order chi connectivity index (χ0) is 13.8. The molecule has 0 heterocycles. The van der Waals surface area contributed by atoms with Gasteiger partial charge in [0.2, 0.25) is 0 Å². The van der Waals surface area contributed by atoms with Gasteiger partial charge in [0, 0.05) is 11.3 Å². The van der Waals surface area contributed by atoms with E-state index in [1.165, 1.54) is 6.07 Å². The highest BCUT2D eigenvalue weighted by Gasteiger charge is 2.30. The van der Waals surface area contributed by atoms with Gasteiger partial charge in [-0.1, -0.05) is 6.07 Å². The maximum Gasteiger partial charge on any atom is 0.252 e. The lowest BCUT2D eigenvalue weighted by molar-refractivity contribution is 0.0375. The molecule has 18 heavy (non-hydrogen) atoms. The predicted molar refractivity (Wildman–Crippen MR) is 67.0 cm³/mol. The van der Waals surface area contributed by atoms with Gasteiger partial charge in [-0.15, -0.1) is 0 Å². The van der Waals surface area contributed by atoms with Crippen molar-refractivity contribution >= 4 is 11.6 Å². The van der Waals surface area contributed by atoms with E-state index in [4.69, 9.17) is 21.1 Å². The van der Waals surface area contributed by atoms with Gasteiger partial charge < -0.3 is 26.4 Å². The first kappa shape index (κ1) is 14.4. The topological polar surface area (TPSA) is 116 Å². The molecule has 1 aromatic rings. The molecule has 0 radical (unpaired) electrons. The number of aliphatic hydroxyl groups excluding tert-OH is 3. The normalized spacial score (nSPS) is 11.3. The van der Waals surface area contributed by atoms with E-state index >= 15 is 0 Å². The first-order valence-corrected chi connectivity index (χ1v) is 5.49. The number of hydrogen-bond donors (Lipinski definition) is 5. The van der Waals surface area contributed by atoms with Gasteiger partial charge in [-0.05, 0) is 24.6 Å². The van der Waals surface area contributed by atoms with Crippen molar-refractivity contribution < 1.29 is 20.1 Å². The largest absolute Gasteiger partial charge is 0.398 e. The molecule has 0 bridgehead atoms. The number of nitrogens with one attached hydrogen (secondary N) is 1. The maximum atomic E-state index is 11.9. The molecule has 6 N–H and O–H groups in total. The number of hydrogen-bond acceptors (Lipinski definition) is 5. The molecule has 0 fully saturated rings. The van der Waals surface area contributed by atoms with Crippen molar-refractivity contribution in [3.63, 3.8) is 0 Å². The van der Waals surface area contributed by atoms with E-state index in [9.17, 15) is 4.79 Å². The van der Waals surface area contributed by atoms with E-state index in [-0.39, 0.29) is 0 Å². The van der Waals surface area contributed by atoms with E-state index in [1.807, 2.05) is 6.92 Å². The van der Waals surface area contributed by atoms with Crippen LogP contribution in [0.5, 0.6) is 0 Å². The summed E-state index contributed by atoms with van der Waals surface area (Å²) in [6.45, 7) is 0.129. The number of aryl methyl sites for hydroxylation is 1. The summed E-state index contributed by atoms with van der Waals surface area (Å²) < 4.78 is 0. The highest BCUT2D eigenvalue weighted by atomic mass is 16.3. The Balaban J connectivity index is 2.90. The zero-order valence-electron chi connectivity index (χ0n) is 10.2. The number of aliphatic hydroxyl groups is 3. The molecule has 100 valence electrons. The van der Waals surface area contributed by atoms with Crippen molar-refractivity contribution in [2.45, 2.75) is 12.5 Å². The maximum absolute atomic E-state index is 11.9. The van der Waals surface area contributed by atoms with Crippen LogP contribution in [0.4, 0.5) is 5.69 Å². The molecule has 6 nitrogen and oxygen atoms in total. The van der Waals surface area contributed by atoms with Crippen LogP contribution in [-0.4, -0.2) is 46.6 Å². The number of nitrogens with two attached hydrogens (primary N) is 1. The molecule has 0 unspecified atom stereocenters. The monoisotopic (exact) mass is 254 g/mol. The molecule has 0 saturated heterocycles. The van der Waals surface area contributed by atoms with Crippen molar-refractivity contribution in [2.75, 3.05) is 25.6 Å². The Morgan fingerprint density at radius 3 is 2.28 bits per heavy atom. The Morgan fingerprint density at radius 2 is 1.83 bits per heavy atom. The third kappa shape index (κ3) is 2.98. The van der Waals surface area contributed by atoms with E-state index in [2.05, 4.69) is 5.32 Å². The minimum absolute atomic E-state index is 0.304. The van der Waals surface area contributed by atoms with Gasteiger partial charge in [-0.25, -0.2) is 0 Å². The summed E-state index contributed by atoms with van der Waals surface area (Å²) in [6, 6.07) is 4.78. The van der Waals surface area contributed by atoms with Crippen LogP contribution >= 0.6 is 0 Å². The van der Waals surface area contributed by atoms with Crippen molar-refractivity contribution in [3.8, 4) is 0 Å². The summed E-state index contributed by atoms with van der Waals surface area (Å²) in [5, 5.41) is 29.7. The van der Waals surface area contributed by atoms with Gasteiger partial charge in [0.05, 0.1) is 19.8 Å². The standard InChI is InChI=1S/C12H18N2O4/c1-8-2-3-9(4-10(8)13)11(18)14-12(5-15,6-16)7-17/h2-4,15-17H,5-7,13H2,1H3,(H,14,18). The van der Waals surface area contributed by atoms with Crippen LogP contribution in [0.3, 0.4) is 0 Å². The van der Waals surface area contributed by atoms with Gasteiger partial charge in [0.15, 0.2) is 0 Å². The van der Waals surface area contributed by atoms with Crippen LogP contribution in [0, 0.1) is 6.92 Å². The van der Waals surface area contributed by atoms with Crippen molar-refractivity contribution in [1.82, 2.24) is 5.32 Å². The second-order valence-corrected chi connectivity index (χ2v) is 4.28. The summed E-state index contributed by atoms with van der Waals surface area (Å²) in [5.41, 5.74) is 5.89. The Morgan fingerprint density at radius 1 is 1.28 bits per heavy atom. The fourth-order valence-corrected chi connectivity index (χ4v) is 1.36. The molecule has 0 aliphatic rings. The number of carbonyl (C=O) groups is 1. The average molecular weight is 254 g/mol. The molecular formula is C12H18N2O4. The van der Waals surface area contributed by atoms with E-state index < -0.39 is 31.3 Å². The SMILES string of the molecule is Cc1ccc(C(=O)NC(CO)(CO)CO)cc1N. The first-order valence-electron chi connectivity index (χ1n) is 5.49. The summed E-state index contributed by atoms with van der Waals surface area (Å²) in [6.07, 6.45) is 0. The molecule has 6 heteroatoms. The van der Waals surface area contributed by atoms with Crippen LogP contribution < -0.4 is 11.1 Å². The second kappa shape index (κ2) is 5.81. The molecule has 0 atom stereocenters. The number of benzene rings is 1. The smallest absolute Gasteiger partial charge is 0.252 e. The van der Waals surface area contributed by atoms with E-state index in [1.54, 1.807) is 12.1 Å². The summed E-state index contributed by atoms with van der Waals surface area (Å²) in [5.74, 6) is -0.515. The van der Waals surface area contributed by atoms with Crippen LogP contribution in [0.1, 0.15) is 15.9 Å².